The molecule has 6 aliphatic rings. The van der Waals surface area contributed by atoms with Crippen molar-refractivity contribution in [2.45, 2.75) is 113 Å². The van der Waals surface area contributed by atoms with Crippen LogP contribution in [0, 0.1) is 17.6 Å². The van der Waals surface area contributed by atoms with E-state index < -0.39 is 77.5 Å². The highest BCUT2D eigenvalue weighted by Gasteiger charge is 2.47. The summed E-state index contributed by atoms with van der Waals surface area (Å²) >= 11 is 2.08. The van der Waals surface area contributed by atoms with Gasteiger partial charge in [0.15, 0.2) is 29.2 Å². The van der Waals surface area contributed by atoms with E-state index in [-0.39, 0.29) is 115 Å². The molecule has 6 aromatic rings. The molecule has 6 amide bonds. The molecule has 2 fully saturated rings. The second-order valence-corrected chi connectivity index (χ2v) is 28.7. The number of anilines is 2. The molecule has 29 heteroatoms. The zero-order valence-electron chi connectivity index (χ0n) is 57.3. The third-order valence-electron chi connectivity index (χ3n) is 19.0. The molecule has 0 bridgehead atoms. The van der Waals surface area contributed by atoms with Crippen molar-refractivity contribution >= 4 is 87.2 Å². The van der Waals surface area contributed by atoms with Gasteiger partial charge in [0.05, 0.1) is 104 Å². The Balaban J connectivity index is 0.583. The van der Waals surface area contributed by atoms with Gasteiger partial charge in [-0.2, -0.15) is 0 Å². The number of cyclic esters (lactones) is 1. The number of rotatable bonds is 26. The summed E-state index contributed by atoms with van der Waals surface area (Å²) in [4.78, 5) is 119. The van der Waals surface area contributed by atoms with Crippen molar-refractivity contribution in [2.75, 3.05) is 109 Å². The van der Waals surface area contributed by atoms with Crippen molar-refractivity contribution in [1.29, 1.82) is 0 Å². The van der Waals surface area contributed by atoms with Crippen LogP contribution in [-0.4, -0.2) is 188 Å². The predicted octanol–water partition coefficient (Wildman–Crippen LogP) is 6.70. The molecular weight excluding hydrogens is 1360 g/mol. The molecule has 25 nitrogen and oxygen atoms in total. The summed E-state index contributed by atoms with van der Waals surface area (Å²) in [7, 11) is 0. The maximum absolute atomic E-state index is 15.8. The van der Waals surface area contributed by atoms with Crippen LogP contribution in [-0.2, 0) is 83.0 Å². The third kappa shape index (κ3) is 15.1. The van der Waals surface area contributed by atoms with Crippen molar-refractivity contribution in [3.8, 4) is 17.1 Å². The van der Waals surface area contributed by atoms with Crippen LogP contribution in [0.5, 0.6) is 5.75 Å². The van der Waals surface area contributed by atoms with E-state index in [0.717, 1.165) is 62.6 Å². The molecule has 1 unspecified atom stereocenters. The summed E-state index contributed by atoms with van der Waals surface area (Å²) in [6.07, 6.45) is -0.373. The Morgan fingerprint density at radius 2 is 1.32 bits per heavy atom. The minimum atomic E-state index is -1.97. The van der Waals surface area contributed by atoms with E-state index in [9.17, 15) is 48.6 Å². The number of fused-ring (bicyclic) bond motifs is 5. The highest BCUT2D eigenvalue weighted by molar-refractivity contribution is 8.07. The maximum Gasteiger partial charge on any atom is 0.343 e. The average Bonchev–Trinajstić information content (AvgIpc) is 1.48. The van der Waals surface area contributed by atoms with E-state index in [4.69, 9.17) is 38.1 Å². The average molecular weight is 1440 g/mol. The Morgan fingerprint density at radius 1 is 0.735 bits per heavy atom. The molecule has 12 rings (SSSR count). The highest BCUT2D eigenvalue weighted by atomic mass is 32.2. The van der Waals surface area contributed by atoms with Crippen molar-refractivity contribution < 1.29 is 85.7 Å². The van der Waals surface area contributed by atoms with Gasteiger partial charge in [-0.3, -0.25) is 38.5 Å². The van der Waals surface area contributed by atoms with Crippen LogP contribution in [0.4, 0.5) is 20.2 Å². The standard InChI is InChI=1S/C73H80F2N8O17S2/c1-7-73(93)50-36-55-60-48(37-82(55)68(89)49(50)38-100-71(73)92)58-57-47(18-19-72(58,5)6)53(16-17-54(57)77-60)78-64(85)41(4)76-65(86)59(40(2)3)79-56(84)39-98-31-30-96-28-29-97-32-33-99-61-51(74)34-44(35-52(61)75)83-69(90)62(101-45-12-8-42(9-13-45)66(87)80-20-24-94-25-21-80)63(70(83)91)102-46-14-10-43(11-15-46)67(88)81-22-26-95-27-23-81/h8-17,34-36,40-41,59,69,90,93H,7,18-33,37-39H2,1-6H3,(H,76,86)(H,78,85)(H,79,84)/t41-,59-,69?,73-/m0/s1. The molecule has 2 aromatic heterocycles. The number of morpholine rings is 2. The van der Waals surface area contributed by atoms with Crippen LogP contribution < -0.4 is 31.1 Å². The van der Waals surface area contributed by atoms with Gasteiger partial charge in [-0.1, -0.05) is 58.1 Å². The van der Waals surface area contributed by atoms with Gasteiger partial charge in [0.1, 0.15) is 31.9 Å². The first-order chi connectivity index (χ1) is 49.0. The monoisotopic (exact) mass is 1440 g/mol. The Labute approximate surface area is 594 Å². The van der Waals surface area contributed by atoms with Crippen LogP contribution in [0.25, 0.3) is 22.3 Å². The zero-order chi connectivity index (χ0) is 72.3. The number of aliphatic hydroxyl groups is 2. The molecular formula is C73H80F2N8O17S2. The van der Waals surface area contributed by atoms with Crippen LogP contribution in [0.2, 0.25) is 0 Å². The Hall–Kier alpha value is -8.65. The van der Waals surface area contributed by atoms with Gasteiger partial charge in [0, 0.05) is 81.4 Å². The first-order valence-corrected chi connectivity index (χ1v) is 35.6. The molecule has 1 aliphatic carbocycles. The lowest BCUT2D eigenvalue weighted by molar-refractivity contribution is -0.172. The van der Waals surface area contributed by atoms with E-state index in [2.05, 4.69) is 29.8 Å². The molecule has 5 aliphatic heterocycles. The maximum atomic E-state index is 15.8. The number of nitrogens with zero attached hydrogens (tertiary/aromatic N) is 5. The van der Waals surface area contributed by atoms with Gasteiger partial charge in [0.25, 0.3) is 23.3 Å². The number of thioether (sulfide) groups is 2. The van der Waals surface area contributed by atoms with Crippen molar-refractivity contribution in [3.05, 3.63) is 150 Å². The number of hydrogen-bond donors (Lipinski definition) is 5. The number of amides is 6. The molecule has 0 radical (unpaired) electrons. The summed E-state index contributed by atoms with van der Waals surface area (Å²) in [5, 5.41) is 32.6. The number of benzene rings is 4. The van der Waals surface area contributed by atoms with Crippen LogP contribution >= 0.6 is 23.5 Å². The molecule has 4 aromatic carbocycles. The summed E-state index contributed by atoms with van der Waals surface area (Å²) in [5.41, 5.74) is 3.31. The number of ether oxygens (including phenoxy) is 7. The largest absolute Gasteiger partial charge is 0.485 e. The lowest BCUT2D eigenvalue weighted by Crippen LogP contribution is -2.54. The predicted molar refractivity (Wildman–Crippen MR) is 372 cm³/mol. The summed E-state index contributed by atoms with van der Waals surface area (Å²) in [5.74, 6) is -6.95. The SMILES string of the molecule is CC[C@@]1(O)C(=O)OCc2c1cc1n(c2=O)Cc2c-1nc1ccc(NC(=O)[C@H](C)NC(=O)[C@@H](NC(=O)COCCOCCOCCOc3c(F)cc(N4C(=O)C(Sc5ccc(C(=O)N6CCOCC6)cc5)=C(Sc5ccc(C(=O)N6CCOCC6)cc5)C4O)cc3F)C(C)C)c3c1c2C(C)(C)CC3. The minimum Gasteiger partial charge on any atom is -0.485 e. The Bertz CT molecular complexity index is 4350. The van der Waals surface area contributed by atoms with E-state index in [0.29, 0.717) is 109 Å². The van der Waals surface area contributed by atoms with Crippen molar-refractivity contribution in [2.24, 2.45) is 5.92 Å². The summed E-state index contributed by atoms with van der Waals surface area (Å²) < 4.78 is 71.3. The number of pyridine rings is 2. The number of aryl methyl sites for hydroxylation is 1. The minimum absolute atomic E-state index is 0.00417. The number of carbonyl (C=O) groups is 7. The molecule has 4 atom stereocenters. The first-order valence-electron chi connectivity index (χ1n) is 33.9. The van der Waals surface area contributed by atoms with Crippen molar-refractivity contribution in [3.63, 3.8) is 0 Å². The van der Waals surface area contributed by atoms with E-state index in [1.54, 1.807) is 109 Å². The van der Waals surface area contributed by atoms with Gasteiger partial charge in [-0.05, 0) is 115 Å². The number of halogens is 2. The van der Waals surface area contributed by atoms with Crippen LogP contribution in [0.1, 0.15) is 103 Å². The van der Waals surface area contributed by atoms with Gasteiger partial charge in [0.2, 0.25) is 17.7 Å². The molecule has 5 N–H and O–H groups in total. The fourth-order valence-corrected chi connectivity index (χ4v) is 15.5. The zero-order valence-corrected chi connectivity index (χ0v) is 58.9. The molecule has 0 saturated carbocycles. The molecule has 0 spiro atoms. The van der Waals surface area contributed by atoms with Crippen LogP contribution in [0.3, 0.4) is 0 Å². The fraction of sp³-hybridized carbons (Fsp3) is 0.438. The smallest absolute Gasteiger partial charge is 0.343 e. The number of aliphatic hydroxyl groups excluding tert-OH is 1. The summed E-state index contributed by atoms with van der Waals surface area (Å²) in [6.45, 7) is 13.9. The lowest BCUT2D eigenvalue weighted by atomic mass is 9.70. The van der Waals surface area contributed by atoms with E-state index in [1.165, 1.54) is 0 Å². The topological polar surface area (TPSA) is 305 Å². The second kappa shape index (κ2) is 31.1. The number of carbonyl (C=O) groups excluding carboxylic acids is 7. The normalized spacial score (nSPS) is 18.9. The molecule has 102 heavy (non-hydrogen) atoms. The summed E-state index contributed by atoms with van der Waals surface area (Å²) in [6, 6.07) is 18.3. The third-order valence-corrected chi connectivity index (χ3v) is 21.4. The van der Waals surface area contributed by atoms with Gasteiger partial charge in [-0.25, -0.2) is 18.6 Å². The number of hydrogen-bond acceptors (Lipinski definition) is 20. The quantitative estimate of drug-likeness (QED) is 0.0278. The number of nitrogens with one attached hydrogen (secondary N) is 3. The van der Waals surface area contributed by atoms with Gasteiger partial charge in [-0.15, -0.1) is 0 Å². The number of esters is 1. The van der Waals surface area contributed by atoms with E-state index >= 15 is 8.78 Å². The number of aromatic nitrogens is 2. The Kier molecular flexibility index (Phi) is 22.3. The van der Waals surface area contributed by atoms with Gasteiger partial charge < -0.3 is 73.7 Å². The van der Waals surface area contributed by atoms with Crippen LogP contribution in [0.15, 0.2) is 103 Å². The molecule has 2 saturated heterocycles. The van der Waals surface area contributed by atoms with Gasteiger partial charge >= 0.3 is 5.97 Å². The molecule has 540 valence electrons. The molecule has 7 heterocycles. The second-order valence-electron chi connectivity index (χ2n) is 26.5. The Morgan fingerprint density at radius 3 is 1.92 bits per heavy atom. The van der Waals surface area contributed by atoms with Crippen molar-refractivity contribution in [1.82, 2.24) is 30.0 Å². The first kappa shape index (κ1) is 73.1. The van der Waals surface area contributed by atoms with E-state index in [1.807, 2.05) is 0 Å². The fourth-order valence-electron chi connectivity index (χ4n) is 13.4. The lowest BCUT2D eigenvalue weighted by Gasteiger charge is -2.35. The highest BCUT2D eigenvalue weighted by Crippen LogP contribution is 2.50.